The molecule has 2 aromatic carbocycles. The predicted molar refractivity (Wildman–Crippen MR) is 77.1 cm³/mol. The fourth-order valence-corrected chi connectivity index (χ4v) is 2.21. The third-order valence-electron chi connectivity index (χ3n) is 3.17. The number of nitrogens with two attached hydrogens (primary N) is 1. The molecule has 0 aliphatic carbocycles. The molecule has 3 N–H and O–H groups in total. The van der Waals surface area contributed by atoms with E-state index in [-0.39, 0.29) is 12.6 Å². The average molecular weight is 257 g/mol. The zero-order chi connectivity index (χ0) is 13.7. The van der Waals surface area contributed by atoms with Crippen LogP contribution in [0.3, 0.4) is 0 Å². The molecule has 1 unspecified atom stereocenters. The summed E-state index contributed by atoms with van der Waals surface area (Å²) in [6, 6.07) is 15.8. The number of methoxy groups -OCH3 is 1. The lowest BCUT2D eigenvalue weighted by atomic mass is 9.96. The van der Waals surface area contributed by atoms with Crippen LogP contribution in [0.4, 0.5) is 0 Å². The lowest BCUT2D eigenvalue weighted by Crippen LogP contribution is -2.13. The Balaban J connectivity index is 2.48. The summed E-state index contributed by atoms with van der Waals surface area (Å²) in [5, 5.41) is 9.03. The Morgan fingerprint density at radius 2 is 1.84 bits per heavy atom. The van der Waals surface area contributed by atoms with Gasteiger partial charge in [-0.15, -0.1) is 0 Å². The molecule has 0 bridgehead atoms. The molecule has 1 atom stereocenters. The molecule has 0 heterocycles. The first-order chi connectivity index (χ1) is 9.27. The lowest BCUT2D eigenvalue weighted by Gasteiger charge is -2.18. The third kappa shape index (κ3) is 2.95. The molecule has 0 aliphatic heterocycles. The first-order valence-electron chi connectivity index (χ1n) is 6.36. The maximum Gasteiger partial charge on any atom is 0.131 e. The molecule has 3 nitrogen and oxygen atoms in total. The van der Waals surface area contributed by atoms with Crippen LogP contribution in [-0.2, 0) is 0 Å². The summed E-state index contributed by atoms with van der Waals surface area (Å²) >= 11 is 0. The van der Waals surface area contributed by atoms with E-state index in [1.54, 1.807) is 7.11 Å². The Morgan fingerprint density at radius 1 is 1.11 bits per heavy atom. The molecule has 0 saturated carbocycles. The van der Waals surface area contributed by atoms with Gasteiger partial charge in [0.1, 0.15) is 5.75 Å². The predicted octanol–water partition coefficient (Wildman–Crippen LogP) is 2.74. The van der Waals surface area contributed by atoms with Crippen molar-refractivity contribution >= 4 is 0 Å². The Kier molecular flexibility index (Phi) is 4.55. The first-order valence-corrected chi connectivity index (χ1v) is 6.36. The number of hydrogen-bond donors (Lipinski definition) is 2. The van der Waals surface area contributed by atoms with Gasteiger partial charge in [-0.1, -0.05) is 48.5 Å². The fourth-order valence-electron chi connectivity index (χ4n) is 2.21. The van der Waals surface area contributed by atoms with Crippen LogP contribution in [0.1, 0.15) is 18.0 Å². The second-order valence-electron chi connectivity index (χ2n) is 4.41. The van der Waals surface area contributed by atoms with Crippen molar-refractivity contribution in [1.82, 2.24) is 0 Å². The highest BCUT2D eigenvalue weighted by Gasteiger charge is 2.15. The Bertz CT molecular complexity index is 526. The molecular weight excluding hydrogens is 238 g/mol. The fraction of sp³-hybridized carbons (Fsp3) is 0.250. The summed E-state index contributed by atoms with van der Waals surface area (Å²) < 4.78 is 5.54. The van der Waals surface area contributed by atoms with Gasteiger partial charge in [0.15, 0.2) is 0 Å². The van der Waals surface area contributed by atoms with Gasteiger partial charge >= 0.3 is 0 Å². The number of rotatable bonds is 5. The van der Waals surface area contributed by atoms with Crippen LogP contribution >= 0.6 is 0 Å². The zero-order valence-corrected chi connectivity index (χ0v) is 11.0. The zero-order valence-electron chi connectivity index (χ0n) is 11.0. The Labute approximate surface area is 113 Å². The van der Waals surface area contributed by atoms with Crippen LogP contribution in [0.5, 0.6) is 5.75 Å². The van der Waals surface area contributed by atoms with E-state index < -0.39 is 0 Å². The van der Waals surface area contributed by atoms with E-state index >= 15 is 0 Å². The quantitative estimate of drug-likeness (QED) is 0.866. The molecule has 2 rings (SSSR count). The van der Waals surface area contributed by atoms with Gasteiger partial charge < -0.3 is 15.6 Å². The molecule has 0 amide bonds. The van der Waals surface area contributed by atoms with E-state index in [1.807, 2.05) is 48.5 Å². The highest BCUT2D eigenvalue weighted by molar-refractivity contribution is 5.72. The van der Waals surface area contributed by atoms with Gasteiger partial charge in [-0.3, -0.25) is 0 Å². The smallest absolute Gasteiger partial charge is 0.131 e. The van der Waals surface area contributed by atoms with Gasteiger partial charge in [-0.05, 0) is 12.0 Å². The topological polar surface area (TPSA) is 55.5 Å². The second kappa shape index (κ2) is 6.36. The number of aliphatic hydroxyl groups excluding tert-OH is 1. The van der Waals surface area contributed by atoms with Crippen LogP contribution in [0.2, 0.25) is 0 Å². The van der Waals surface area contributed by atoms with Crippen molar-refractivity contribution in [2.75, 3.05) is 13.7 Å². The molecule has 100 valence electrons. The number of aliphatic hydroxyl groups is 1. The second-order valence-corrected chi connectivity index (χ2v) is 4.41. The van der Waals surface area contributed by atoms with Crippen molar-refractivity contribution < 1.29 is 9.84 Å². The van der Waals surface area contributed by atoms with Crippen molar-refractivity contribution in [3.63, 3.8) is 0 Å². The molecule has 0 aromatic heterocycles. The summed E-state index contributed by atoms with van der Waals surface area (Å²) in [6.45, 7) is 0.0693. The SMILES string of the molecule is COc1c(-c2ccccc2)cccc1C(N)CCO. The highest BCUT2D eigenvalue weighted by Crippen LogP contribution is 2.36. The summed E-state index contributed by atoms with van der Waals surface area (Å²) in [5.41, 5.74) is 9.13. The van der Waals surface area contributed by atoms with Crippen molar-refractivity contribution in [2.45, 2.75) is 12.5 Å². The Hall–Kier alpha value is -1.84. The van der Waals surface area contributed by atoms with Crippen LogP contribution < -0.4 is 10.5 Å². The molecule has 19 heavy (non-hydrogen) atoms. The molecule has 2 aromatic rings. The maximum absolute atomic E-state index is 9.03. The van der Waals surface area contributed by atoms with Crippen LogP contribution in [0.25, 0.3) is 11.1 Å². The van der Waals surface area contributed by atoms with Gasteiger partial charge in [0.2, 0.25) is 0 Å². The lowest BCUT2D eigenvalue weighted by molar-refractivity contribution is 0.275. The minimum Gasteiger partial charge on any atom is -0.496 e. The molecule has 0 saturated heterocycles. The average Bonchev–Trinajstić information content (AvgIpc) is 2.47. The van der Waals surface area contributed by atoms with E-state index in [4.69, 9.17) is 15.6 Å². The molecular formula is C16H19NO2. The van der Waals surface area contributed by atoms with Gasteiger partial charge in [0.25, 0.3) is 0 Å². The van der Waals surface area contributed by atoms with E-state index in [1.165, 1.54) is 0 Å². The number of ether oxygens (including phenoxy) is 1. The van der Waals surface area contributed by atoms with Crippen molar-refractivity contribution in [2.24, 2.45) is 5.73 Å². The van der Waals surface area contributed by atoms with E-state index in [0.717, 1.165) is 22.4 Å². The number of benzene rings is 2. The van der Waals surface area contributed by atoms with Crippen molar-refractivity contribution in [3.05, 3.63) is 54.1 Å². The highest BCUT2D eigenvalue weighted by atomic mass is 16.5. The van der Waals surface area contributed by atoms with Crippen LogP contribution in [0.15, 0.2) is 48.5 Å². The standard InChI is InChI=1S/C16H19NO2/c1-19-16-13(12-6-3-2-4-7-12)8-5-9-14(16)15(17)10-11-18/h2-9,15,18H,10-11,17H2,1H3. The van der Waals surface area contributed by atoms with Gasteiger partial charge in [0.05, 0.1) is 7.11 Å². The van der Waals surface area contributed by atoms with Crippen LogP contribution in [0, 0.1) is 0 Å². The molecule has 0 spiro atoms. The first kappa shape index (κ1) is 13.6. The van der Waals surface area contributed by atoms with Crippen molar-refractivity contribution in [3.8, 4) is 16.9 Å². The summed E-state index contributed by atoms with van der Waals surface area (Å²) in [5.74, 6) is 0.787. The minimum atomic E-state index is -0.219. The normalized spacial score (nSPS) is 12.2. The van der Waals surface area contributed by atoms with E-state index in [0.29, 0.717) is 6.42 Å². The molecule has 0 aliphatic rings. The number of hydrogen-bond acceptors (Lipinski definition) is 3. The molecule has 0 radical (unpaired) electrons. The largest absolute Gasteiger partial charge is 0.496 e. The van der Waals surface area contributed by atoms with Gasteiger partial charge in [-0.25, -0.2) is 0 Å². The summed E-state index contributed by atoms with van der Waals surface area (Å²) in [4.78, 5) is 0. The molecule has 0 fully saturated rings. The molecule has 3 heteroatoms. The van der Waals surface area contributed by atoms with Gasteiger partial charge in [-0.2, -0.15) is 0 Å². The summed E-state index contributed by atoms with van der Waals surface area (Å²) in [7, 11) is 1.65. The maximum atomic E-state index is 9.03. The third-order valence-corrected chi connectivity index (χ3v) is 3.17. The minimum absolute atomic E-state index is 0.0693. The van der Waals surface area contributed by atoms with Crippen LogP contribution in [-0.4, -0.2) is 18.8 Å². The van der Waals surface area contributed by atoms with E-state index in [2.05, 4.69) is 0 Å². The summed E-state index contributed by atoms with van der Waals surface area (Å²) in [6.07, 6.45) is 0.522. The van der Waals surface area contributed by atoms with E-state index in [9.17, 15) is 0 Å². The number of para-hydroxylation sites is 1. The van der Waals surface area contributed by atoms with Gasteiger partial charge in [0, 0.05) is 23.8 Å². The Morgan fingerprint density at radius 3 is 2.47 bits per heavy atom. The van der Waals surface area contributed by atoms with Crippen molar-refractivity contribution in [1.29, 1.82) is 0 Å². The monoisotopic (exact) mass is 257 g/mol.